The van der Waals surface area contributed by atoms with Gasteiger partial charge in [0.1, 0.15) is 5.82 Å². The van der Waals surface area contributed by atoms with Gasteiger partial charge in [0.25, 0.3) is 11.8 Å². The van der Waals surface area contributed by atoms with Crippen LogP contribution in [0.15, 0.2) is 65.7 Å². The van der Waals surface area contributed by atoms with Crippen LogP contribution in [0.4, 0.5) is 11.5 Å². The van der Waals surface area contributed by atoms with E-state index in [0.29, 0.717) is 23.1 Å². The van der Waals surface area contributed by atoms with Crippen LogP contribution < -0.4 is 21.1 Å². The number of nitrogens with zero attached hydrogens (tertiary/aromatic N) is 2. The Hall–Kier alpha value is -3.48. The van der Waals surface area contributed by atoms with Gasteiger partial charge in [0.05, 0.1) is 32.5 Å². The number of hydrogen-bond donors (Lipinski definition) is 4. The van der Waals surface area contributed by atoms with E-state index in [-0.39, 0.29) is 40.1 Å². The van der Waals surface area contributed by atoms with E-state index >= 15 is 0 Å². The largest absolute Gasteiger partial charge is 0.328 e. The number of hydrogen-bond acceptors (Lipinski definition) is 7. The molecular weight excluding hydrogens is 575 g/mol. The monoisotopic (exact) mass is 602 g/mol. The van der Waals surface area contributed by atoms with Gasteiger partial charge in [-0.15, -0.1) is 0 Å². The highest BCUT2D eigenvalue weighted by molar-refractivity contribution is 7.99. The molecule has 10 nitrogen and oxygen atoms in total. The number of pyridine rings is 1. The molecule has 1 aliphatic rings. The van der Waals surface area contributed by atoms with Crippen molar-refractivity contribution in [2.45, 2.75) is 23.8 Å². The van der Waals surface area contributed by atoms with Crippen LogP contribution >= 0.6 is 23.2 Å². The highest BCUT2D eigenvalue weighted by atomic mass is 35.5. The molecule has 1 aromatic heterocycles. The number of halogens is 2. The molecule has 1 aliphatic heterocycles. The normalized spacial score (nSPS) is 15.6. The van der Waals surface area contributed by atoms with E-state index < -0.39 is 27.4 Å². The first kappa shape index (κ1) is 29.5. The first-order valence-electron chi connectivity index (χ1n) is 12.3. The highest BCUT2D eigenvalue weighted by Crippen LogP contribution is 2.23. The van der Waals surface area contributed by atoms with Crippen LogP contribution in [0.1, 0.15) is 33.6 Å². The molecule has 0 radical (unpaired) electrons. The lowest BCUT2D eigenvalue weighted by atomic mass is 10.1. The van der Waals surface area contributed by atoms with Gasteiger partial charge in [0, 0.05) is 40.8 Å². The predicted octanol–water partition coefficient (Wildman–Crippen LogP) is 3.42. The molecule has 210 valence electrons. The summed E-state index contributed by atoms with van der Waals surface area (Å²) in [5, 5.41) is 6.05. The lowest BCUT2D eigenvalue weighted by molar-refractivity contribution is -0.120. The molecule has 0 bridgehead atoms. The van der Waals surface area contributed by atoms with E-state index in [1.165, 1.54) is 54.7 Å². The van der Waals surface area contributed by atoms with E-state index in [1.807, 2.05) is 4.90 Å². The fraction of sp³-hybridized carbons (Fsp3) is 0.222. The van der Waals surface area contributed by atoms with E-state index in [0.717, 1.165) is 12.8 Å². The van der Waals surface area contributed by atoms with Crippen molar-refractivity contribution in [1.82, 2.24) is 14.6 Å². The van der Waals surface area contributed by atoms with Gasteiger partial charge in [-0.25, -0.2) is 9.19 Å². The number of rotatable bonds is 8. The molecule has 5 N–H and O–H groups in total. The molecule has 2 aromatic carbocycles. The quantitative estimate of drug-likeness (QED) is 0.289. The molecule has 2 heterocycles. The number of benzene rings is 2. The number of amides is 3. The fourth-order valence-electron chi connectivity index (χ4n) is 4.06. The van der Waals surface area contributed by atoms with Crippen LogP contribution in [0, 0.1) is 0 Å². The first-order chi connectivity index (χ1) is 19.0. The lowest BCUT2D eigenvalue weighted by Crippen LogP contribution is -2.45. The number of nitrogens with one attached hydrogen (secondary N) is 3. The number of carbonyl (C=O) groups excluding carboxylic acids is 3. The highest BCUT2D eigenvalue weighted by Gasteiger charge is 2.21. The molecule has 1 atom stereocenters. The molecule has 1 fully saturated rings. The third kappa shape index (κ3) is 7.80. The maximum absolute atomic E-state index is 13.1. The smallest absolute Gasteiger partial charge is 0.258 e. The average Bonchev–Trinajstić information content (AvgIpc) is 2.92. The SMILES string of the molecule is C=S(=O)(NC(=O)CN1CCC(N)CC1)c1ccc(C(=O)Nc2ccc(Cl)cc2C(=O)Nc2ccc(Cl)cn2)cc1. The molecule has 4 rings (SSSR count). The Morgan fingerprint density at radius 2 is 1.65 bits per heavy atom. The van der Waals surface area contributed by atoms with Gasteiger partial charge in [-0.3, -0.25) is 24.0 Å². The van der Waals surface area contributed by atoms with Crippen molar-refractivity contribution >= 4 is 68.0 Å². The zero-order chi connectivity index (χ0) is 28.9. The summed E-state index contributed by atoms with van der Waals surface area (Å²) in [5.74, 6) is 2.50. The molecule has 1 unspecified atom stereocenters. The summed E-state index contributed by atoms with van der Waals surface area (Å²) in [6.45, 7) is 1.50. The maximum Gasteiger partial charge on any atom is 0.258 e. The Morgan fingerprint density at radius 3 is 2.30 bits per heavy atom. The van der Waals surface area contributed by atoms with Crippen LogP contribution in [0.3, 0.4) is 0 Å². The summed E-state index contributed by atoms with van der Waals surface area (Å²) in [5.41, 5.74) is 6.47. The van der Waals surface area contributed by atoms with Crippen molar-refractivity contribution in [2.24, 2.45) is 5.73 Å². The Balaban J connectivity index is 1.41. The predicted molar refractivity (Wildman–Crippen MR) is 158 cm³/mol. The summed E-state index contributed by atoms with van der Waals surface area (Å²) in [7, 11) is -3.14. The molecule has 0 aliphatic carbocycles. The van der Waals surface area contributed by atoms with Crippen LogP contribution in [0.5, 0.6) is 0 Å². The minimum Gasteiger partial charge on any atom is -0.328 e. The zero-order valence-electron chi connectivity index (χ0n) is 21.4. The van der Waals surface area contributed by atoms with Crippen LogP contribution in [0.2, 0.25) is 10.0 Å². The summed E-state index contributed by atoms with van der Waals surface area (Å²) in [4.78, 5) is 44.6. The molecule has 40 heavy (non-hydrogen) atoms. The van der Waals surface area contributed by atoms with Gasteiger partial charge in [0.2, 0.25) is 5.91 Å². The minimum atomic E-state index is -3.14. The molecule has 0 saturated carbocycles. The van der Waals surface area contributed by atoms with E-state index in [2.05, 4.69) is 26.2 Å². The van der Waals surface area contributed by atoms with Crippen molar-refractivity contribution in [3.8, 4) is 0 Å². The molecule has 3 aromatic rings. The topological polar surface area (TPSA) is 147 Å². The second kappa shape index (κ2) is 12.8. The van der Waals surface area contributed by atoms with Gasteiger partial charge in [-0.1, -0.05) is 23.2 Å². The second-order valence-electron chi connectivity index (χ2n) is 9.30. The molecule has 13 heteroatoms. The summed E-state index contributed by atoms with van der Waals surface area (Å²) in [6, 6.07) is 13.6. The average molecular weight is 604 g/mol. The van der Waals surface area contributed by atoms with Gasteiger partial charge in [0.15, 0.2) is 0 Å². The van der Waals surface area contributed by atoms with E-state index in [4.69, 9.17) is 28.9 Å². The minimum absolute atomic E-state index is 0.102. The zero-order valence-corrected chi connectivity index (χ0v) is 23.7. The number of likely N-dealkylation sites (tertiary alicyclic amines) is 1. The Labute approximate surface area is 242 Å². The van der Waals surface area contributed by atoms with Crippen molar-refractivity contribution < 1.29 is 18.6 Å². The second-order valence-corrected chi connectivity index (χ2v) is 12.2. The van der Waals surface area contributed by atoms with Gasteiger partial charge < -0.3 is 16.4 Å². The first-order valence-corrected chi connectivity index (χ1v) is 14.8. The number of aromatic nitrogens is 1. The van der Waals surface area contributed by atoms with Crippen LogP contribution in [-0.2, 0) is 14.5 Å². The van der Waals surface area contributed by atoms with Gasteiger partial charge >= 0.3 is 0 Å². The number of carbonyl (C=O) groups is 3. The summed E-state index contributed by atoms with van der Waals surface area (Å²) < 4.78 is 15.6. The molecular formula is C27H28Cl2N6O4S. The molecule has 3 amide bonds. The van der Waals surface area contributed by atoms with Crippen molar-refractivity contribution in [1.29, 1.82) is 0 Å². The Morgan fingerprint density at radius 1 is 0.975 bits per heavy atom. The number of nitrogens with two attached hydrogens (primary N) is 1. The van der Waals surface area contributed by atoms with Crippen molar-refractivity contribution in [3.63, 3.8) is 0 Å². The summed E-state index contributed by atoms with van der Waals surface area (Å²) in [6.07, 6.45) is 3.00. The van der Waals surface area contributed by atoms with Crippen LogP contribution in [-0.4, -0.2) is 63.4 Å². The van der Waals surface area contributed by atoms with Crippen molar-refractivity contribution in [2.75, 3.05) is 30.3 Å². The Kier molecular flexibility index (Phi) is 9.44. The van der Waals surface area contributed by atoms with Crippen LogP contribution in [0.25, 0.3) is 0 Å². The number of piperidine rings is 1. The fourth-order valence-corrected chi connectivity index (χ4v) is 5.47. The van der Waals surface area contributed by atoms with E-state index in [1.54, 1.807) is 6.07 Å². The van der Waals surface area contributed by atoms with Gasteiger partial charge in [-0.05, 0) is 73.3 Å². The molecule has 1 saturated heterocycles. The third-order valence-corrected chi connectivity index (χ3v) is 8.27. The van der Waals surface area contributed by atoms with Crippen molar-refractivity contribution in [3.05, 3.63) is 82.0 Å². The third-order valence-electron chi connectivity index (χ3n) is 6.22. The van der Waals surface area contributed by atoms with E-state index in [9.17, 15) is 18.6 Å². The standard InChI is InChI=1S/C27H28Cl2N6O4S/c1-40(39,34-25(36)16-35-12-10-20(30)11-13-35)21-6-2-17(3-7-21)26(37)32-23-8-4-18(28)14-22(23)27(38)33-24-9-5-19(29)15-31-24/h2-9,14-15,20H,1,10-13,16,30H2,(H,32,37)(H,31,33,38)(H,34,36,39). The lowest BCUT2D eigenvalue weighted by Gasteiger charge is -2.29. The van der Waals surface area contributed by atoms with Gasteiger partial charge in [-0.2, -0.15) is 0 Å². The Bertz CT molecular complexity index is 1510. The number of anilines is 2. The maximum atomic E-state index is 13.1. The molecule has 0 spiro atoms. The summed E-state index contributed by atoms with van der Waals surface area (Å²) >= 11 is 11.9.